The molecule has 0 fully saturated rings. The molecule has 1 aromatic carbocycles. The molecule has 21 heavy (non-hydrogen) atoms. The van der Waals surface area contributed by atoms with Gasteiger partial charge in [0.15, 0.2) is 11.6 Å². The van der Waals surface area contributed by atoms with E-state index in [0.29, 0.717) is 28.6 Å². The maximum absolute atomic E-state index is 13.3. The van der Waals surface area contributed by atoms with Gasteiger partial charge in [-0.2, -0.15) is 0 Å². The molecular weight excluding hydrogens is 278 g/mol. The number of nitrogens with two attached hydrogens (primary N) is 1. The van der Waals surface area contributed by atoms with Crippen LogP contribution in [0.3, 0.4) is 0 Å². The number of hydrogen-bond acceptors (Lipinski definition) is 3. The van der Waals surface area contributed by atoms with Gasteiger partial charge in [0.25, 0.3) is 0 Å². The van der Waals surface area contributed by atoms with Crippen molar-refractivity contribution in [1.82, 2.24) is 10.3 Å². The molecule has 1 aromatic heterocycles. The van der Waals surface area contributed by atoms with Crippen LogP contribution in [0.5, 0.6) is 0 Å². The Hall–Kier alpha value is -2.70. The zero-order valence-corrected chi connectivity index (χ0v) is 11.0. The molecule has 0 saturated carbocycles. The van der Waals surface area contributed by atoms with E-state index in [1.165, 1.54) is 6.20 Å². The van der Waals surface area contributed by atoms with Crippen molar-refractivity contribution >= 4 is 28.6 Å². The second kappa shape index (κ2) is 6.17. The highest BCUT2D eigenvalue weighted by molar-refractivity contribution is 6.13. The maximum atomic E-state index is 13.3. The van der Waals surface area contributed by atoms with Gasteiger partial charge in [-0.3, -0.25) is 4.79 Å². The molecule has 5 nitrogen and oxygen atoms in total. The van der Waals surface area contributed by atoms with Crippen LogP contribution < -0.4 is 11.1 Å². The van der Waals surface area contributed by atoms with Gasteiger partial charge in [-0.15, -0.1) is 0 Å². The van der Waals surface area contributed by atoms with Crippen LogP contribution in [0.2, 0.25) is 0 Å². The van der Waals surface area contributed by atoms with Gasteiger partial charge in [0, 0.05) is 59.7 Å². The third-order valence-electron chi connectivity index (χ3n) is 2.96. The van der Waals surface area contributed by atoms with Crippen molar-refractivity contribution in [2.24, 2.45) is 5.73 Å². The lowest BCUT2D eigenvalue weighted by atomic mass is 10.1. The number of H-pyrrole nitrogens is 1. The van der Waals surface area contributed by atoms with E-state index in [9.17, 15) is 13.6 Å². The minimum Gasteiger partial charge on any atom is -0.390 e. The Morgan fingerprint density at radius 3 is 2.76 bits per heavy atom. The Kier molecular flexibility index (Phi) is 4.32. The number of aromatic amines is 1. The van der Waals surface area contributed by atoms with E-state index in [0.717, 1.165) is 18.3 Å². The Bertz CT molecular complexity index is 721. The summed E-state index contributed by atoms with van der Waals surface area (Å²) in [6.45, 7) is 0.331. The number of amides is 1. The molecule has 0 spiro atoms. The summed E-state index contributed by atoms with van der Waals surface area (Å²) < 4.78 is 26.5. The molecule has 2 aromatic rings. The number of hydrogen-bond donors (Lipinski definition) is 4. The molecule has 1 heterocycles. The average Bonchev–Trinajstić information content (AvgIpc) is 2.82. The predicted molar refractivity (Wildman–Crippen MR) is 76.8 cm³/mol. The summed E-state index contributed by atoms with van der Waals surface area (Å²) in [6.07, 6.45) is 4.34. The quantitative estimate of drug-likeness (QED) is 0.483. The highest BCUT2D eigenvalue weighted by atomic mass is 19.2. The minimum absolute atomic E-state index is 0.162. The number of aromatic nitrogens is 1. The fraction of sp³-hybridized carbons (Fsp3) is 0.143. The van der Waals surface area contributed by atoms with Gasteiger partial charge in [0.2, 0.25) is 5.91 Å². The highest BCUT2D eigenvalue weighted by Crippen LogP contribution is 2.25. The lowest BCUT2D eigenvalue weighted by molar-refractivity contribution is -0.117. The maximum Gasteiger partial charge on any atom is 0.219 e. The van der Waals surface area contributed by atoms with Crippen molar-refractivity contribution in [1.29, 1.82) is 5.41 Å². The first-order valence-electron chi connectivity index (χ1n) is 6.21. The second-order valence-electron chi connectivity index (χ2n) is 4.43. The van der Waals surface area contributed by atoms with Gasteiger partial charge in [-0.25, -0.2) is 8.78 Å². The molecular formula is C14H14F2N4O. The molecule has 110 valence electrons. The summed E-state index contributed by atoms with van der Waals surface area (Å²) in [6, 6.07) is 2.15. The highest BCUT2D eigenvalue weighted by Gasteiger charge is 2.11. The number of allylic oxidation sites excluding steroid dienone is 1. The first-order chi connectivity index (χ1) is 10.0. The van der Waals surface area contributed by atoms with Crippen LogP contribution in [0.1, 0.15) is 12.0 Å². The third-order valence-corrected chi connectivity index (χ3v) is 2.96. The first-order valence-corrected chi connectivity index (χ1v) is 6.21. The van der Waals surface area contributed by atoms with E-state index in [1.54, 1.807) is 6.20 Å². The molecule has 0 atom stereocenters. The molecule has 5 N–H and O–H groups in total. The normalized spacial score (nSPS) is 11.6. The van der Waals surface area contributed by atoms with E-state index in [2.05, 4.69) is 10.3 Å². The first kappa shape index (κ1) is 14.7. The van der Waals surface area contributed by atoms with Crippen LogP contribution in [-0.4, -0.2) is 23.7 Å². The van der Waals surface area contributed by atoms with Crippen molar-refractivity contribution < 1.29 is 13.6 Å². The van der Waals surface area contributed by atoms with Gasteiger partial charge >= 0.3 is 0 Å². The molecule has 0 aliphatic rings. The Morgan fingerprint density at radius 2 is 2.10 bits per heavy atom. The number of rotatable bonds is 6. The smallest absolute Gasteiger partial charge is 0.219 e. The predicted octanol–water partition coefficient (Wildman–Crippen LogP) is 1.90. The van der Waals surface area contributed by atoms with Crippen LogP contribution in [0.15, 0.2) is 24.5 Å². The van der Waals surface area contributed by atoms with E-state index in [1.807, 2.05) is 0 Å². The van der Waals surface area contributed by atoms with Crippen LogP contribution in [0.4, 0.5) is 8.78 Å². The standard InChI is InChI=1S/C14H14F2N4O/c15-11-3-9-10(7-20-13(9)4-12(11)16)8(5-17)6-19-2-1-14(18)21/h3-7,17,19-20H,1-2H2,(H2,18,21)/b8-6+,17-5?. The van der Waals surface area contributed by atoms with Crippen molar-refractivity contribution in [3.05, 3.63) is 41.7 Å². The number of carbonyl (C=O) groups excluding carboxylic acids is 1. The van der Waals surface area contributed by atoms with E-state index >= 15 is 0 Å². The zero-order chi connectivity index (χ0) is 15.4. The van der Waals surface area contributed by atoms with Crippen molar-refractivity contribution in [3.63, 3.8) is 0 Å². The Morgan fingerprint density at radius 1 is 1.38 bits per heavy atom. The van der Waals surface area contributed by atoms with E-state index in [-0.39, 0.29) is 6.42 Å². The fourth-order valence-electron chi connectivity index (χ4n) is 1.93. The monoisotopic (exact) mass is 292 g/mol. The van der Waals surface area contributed by atoms with Crippen LogP contribution in [-0.2, 0) is 4.79 Å². The molecule has 1 amide bonds. The number of fused-ring (bicyclic) bond motifs is 1. The SMILES string of the molecule is N=C/C(=C\NCCC(N)=O)c1c[nH]c2cc(F)c(F)cc12. The third kappa shape index (κ3) is 3.25. The van der Waals surface area contributed by atoms with Gasteiger partial charge in [-0.05, 0) is 6.07 Å². The lowest BCUT2D eigenvalue weighted by Crippen LogP contribution is -2.18. The molecule has 0 aliphatic heterocycles. The Labute approximate surface area is 119 Å². The van der Waals surface area contributed by atoms with Crippen molar-refractivity contribution in [2.75, 3.05) is 6.54 Å². The van der Waals surface area contributed by atoms with Gasteiger partial charge in [-0.1, -0.05) is 0 Å². The van der Waals surface area contributed by atoms with Gasteiger partial charge in [0.05, 0.1) is 0 Å². The number of benzene rings is 1. The van der Waals surface area contributed by atoms with Gasteiger partial charge < -0.3 is 21.4 Å². The topological polar surface area (TPSA) is 94.8 Å². The molecule has 7 heteroatoms. The average molecular weight is 292 g/mol. The zero-order valence-electron chi connectivity index (χ0n) is 11.0. The number of carbonyl (C=O) groups is 1. The fourth-order valence-corrected chi connectivity index (χ4v) is 1.93. The number of halogens is 2. The molecule has 0 aliphatic carbocycles. The van der Waals surface area contributed by atoms with Crippen molar-refractivity contribution in [3.8, 4) is 0 Å². The molecule has 2 rings (SSSR count). The lowest BCUT2D eigenvalue weighted by Gasteiger charge is -2.03. The largest absolute Gasteiger partial charge is 0.390 e. The molecule has 0 unspecified atom stereocenters. The minimum atomic E-state index is -0.950. The van der Waals surface area contributed by atoms with Crippen LogP contribution in [0, 0.1) is 17.0 Å². The molecule has 0 radical (unpaired) electrons. The summed E-state index contributed by atoms with van der Waals surface area (Å²) in [5.41, 5.74) is 6.48. The van der Waals surface area contributed by atoms with Crippen LogP contribution in [0.25, 0.3) is 16.5 Å². The Balaban J connectivity index is 2.30. The van der Waals surface area contributed by atoms with Crippen molar-refractivity contribution in [2.45, 2.75) is 6.42 Å². The molecule has 0 bridgehead atoms. The van der Waals surface area contributed by atoms with Crippen LogP contribution >= 0.6 is 0 Å². The number of nitrogens with one attached hydrogen (secondary N) is 3. The summed E-state index contributed by atoms with van der Waals surface area (Å²) in [7, 11) is 0. The molecule has 0 saturated heterocycles. The summed E-state index contributed by atoms with van der Waals surface area (Å²) in [4.78, 5) is 13.4. The summed E-state index contributed by atoms with van der Waals surface area (Å²) >= 11 is 0. The van der Waals surface area contributed by atoms with Gasteiger partial charge in [0.1, 0.15) is 0 Å². The summed E-state index contributed by atoms with van der Waals surface area (Å²) in [5, 5.41) is 10.7. The second-order valence-corrected chi connectivity index (χ2v) is 4.43. The summed E-state index contributed by atoms with van der Waals surface area (Å²) in [5.74, 6) is -2.32. The van der Waals surface area contributed by atoms with E-state index in [4.69, 9.17) is 11.1 Å². The number of primary amides is 1. The van der Waals surface area contributed by atoms with E-state index < -0.39 is 17.5 Å².